The van der Waals surface area contributed by atoms with Crippen molar-refractivity contribution in [1.82, 2.24) is 5.06 Å². The fourth-order valence-corrected chi connectivity index (χ4v) is 3.95. The Morgan fingerprint density at radius 1 is 1.15 bits per heavy atom. The van der Waals surface area contributed by atoms with E-state index in [0.29, 0.717) is 30.7 Å². The van der Waals surface area contributed by atoms with Crippen LogP contribution in [0.25, 0.3) is 0 Å². The van der Waals surface area contributed by atoms with Crippen LogP contribution in [-0.2, 0) is 25.5 Å². The third-order valence-corrected chi connectivity index (χ3v) is 5.47. The average molecular weight is 363 g/mol. The highest BCUT2D eigenvalue weighted by atomic mass is 16.6. The van der Waals surface area contributed by atoms with Gasteiger partial charge in [-0.25, -0.2) is 9.86 Å². The van der Waals surface area contributed by atoms with Crippen LogP contribution in [0.15, 0.2) is 12.1 Å². The molecule has 1 aliphatic rings. The summed E-state index contributed by atoms with van der Waals surface area (Å²) in [5.41, 5.74) is 2.66. The second-order valence-corrected chi connectivity index (χ2v) is 7.22. The van der Waals surface area contributed by atoms with Gasteiger partial charge in [-0.1, -0.05) is 17.7 Å². The van der Waals surface area contributed by atoms with Gasteiger partial charge in [-0.3, -0.25) is 10.0 Å². The van der Waals surface area contributed by atoms with Crippen LogP contribution < -0.4 is 0 Å². The summed E-state index contributed by atoms with van der Waals surface area (Å²) in [7, 11) is 2.90. The number of hydroxylamine groups is 2. The van der Waals surface area contributed by atoms with E-state index in [4.69, 9.17) is 9.47 Å². The quantitative estimate of drug-likeness (QED) is 0.495. The van der Waals surface area contributed by atoms with E-state index in [1.807, 2.05) is 32.9 Å². The van der Waals surface area contributed by atoms with Crippen LogP contribution >= 0.6 is 0 Å². The van der Waals surface area contributed by atoms with Crippen molar-refractivity contribution in [1.29, 1.82) is 0 Å². The fraction of sp³-hybridized carbons (Fsp3) is 0.600. The van der Waals surface area contributed by atoms with Crippen molar-refractivity contribution in [3.8, 4) is 0 Å². The third kappa shape index (κ3) is 3.91. The molecule has 0 atom stereocenters. The van der Waals surface area contributed by atoms with Gasteiger partial charge in [0.05, 0.1) is 19.6 Å². The van der Waals surface area contributed by atoms with Crippen LogP contribution in [0.4, 0.5) is 0 Å². The lowest BCUT2D eigenvalue weighted by Crippen LogP contribution is -2.58. The normalized spacial score (nSPS) is 22.8. The Kier molecular flexibility index (Phi) is 6.42. The summed E-state index contributed by atoms with van der Waals surface area (Å²) >= 11 is 0. The molecule has 1 aromatic rings. The van der Waals surface area contributed by atoms with Gasteiger partial charge in [-0.2, -0.15) is 0 Å². The van der Waals surface area contributed by atoms with Gasteiger partial charge in [-0.15, -0.1) is 0 Å². The van der Waals surface area contributed by atoms with Crippen LogP contribution in [0.5, 0.6) is 0 Å². The van der Waals surface area contributed by atoms with E-state index in [-0.39, 0.29) is 12.5 Å². The second kappa shape index (κ2) is 8.18. The Labute approximate surface area is 155 Å². The first-order chi connectivity index (χ1) is 12.2. The van der Waals surface area contributed by atoms with E-state index in [1.54, 1.807) is 7.11 Å². The first-order valence-corrected chi connectivity index (χ1v) is 8.95. The van der Waals surface area contributed by atoms with Gasteiger partial charge >= 0.3 is 5.97 Å². The van der Waals surface area contributed by atoms with Crippen LogP contribution in [0.2, 0.25) is 0 Å². The number of methoxy groups -OCH3 is 2. The van der Waals surface area contributed by atoms with Crippen molar-refractivity contribution >= 4 is 11.9 Å². The lowest BCUT2D eigenvalue weighted by Gasteiger charge is -2.41. The number of aryl methyl sites for hydroxylation is 3. The number of nitrogens with zero attached hydrogens (tertiary/aromatic N) is 1. The second-order valence-electron chi connectivity index (χ2n) is 7.22. The minimum absolute atomic E-state index is 0.0258. The molecular weight excluding hydrogens is 334 g/mol. The number of benzene rings is 1. The molecule has 1 amide bonds. The summed E-state index contributed by atoms with van der Waals surface area (Å²) in [5, 5.41) is 11.3. The van der Waals surface area contributed by atoms with E-state index in [0.717, 1.165) is 22.3 Å². The molecule has 0 aliphatic heterocycles. The van der Waals surface area contributed by atoms with Crippen LogP contribution in [0, 0.1) is 20.8 Å². The zero-order valence-electron chi connectivity index (χ0n) is 16.3. The predicted octanol–water partition coefficient (Wildman–Crippen LogP) is 2.87. The molecule has 144 valence electrons. The van der Waals surface area contributed by atoms with Gasteiger partial charge in [0.2, 0.25) is 0 Å². The number of hydrogen-bond donors (Lipinski definition) is 1. The van der Waals surface area contributed by atoms with Crippen molar-refractivity contribution in [2.45, 2.75) is 64.5 Å². The van der Waals surface area contributed by atoms with E-state index < -0.39 is 17.4 Å². The minimum atomic E-state index is -1.34. The first-order valence-electron chi connectivity index (χ1n) is 8.95. The maximum atomic E-state index is 12.8. The number of rotatable bonds is 5. The van der Waals surface area contributed by atoms with Crippen molar-refractivity contribution in [2.75, 3.05) is 14.2 Å². The number of carbonyl (C=O) groups excluding carboxylic acids is 2. The summed E-state index contributed by atoms with van der Waals surface area (Å²) in [6.45, 7) is 5.90. The molecule has 1 fully saturated rings. The van der Waals surface area contributed by atoms with Gasteiger partial charge in [0.1, 0.15) is 0 Å². The molecule has 6 nitrogen and oxygen atoms in total. The number of esters is 1. The van der Waals surface area contributed by atoms with E-state index in [9.17, 15) is 14.8 Å². The van der Waals surface area contributed by atoms with Crippen LogP contribution in [-0.4, -0.2) is 48.0 Å². The Hall–Kier alpha value is -1.92. The maximum absolute atomic E-state index is 12.8. The number of ether oxygens (including phenoxy) is 2. The van der Waals surface area contributed by atoms with Gasteiger partial charge in [0, 0.05) is 7.11 Å². The van der Waals surface area contributed by atoms with E-state index >= 15 is 0 Å². The standard InChI is InChI=1S/C20H29NO5/c1-13-10-14(2)17(15(3)11-13)12-18(22)21(24)20(19(23)26-5)8-6-16(25-4)7-9-20/h10-11,16,24H,6-9,12H2,1-5H3. The van der Waals surface area contributed by atoms with E-state index in [1.165, 1.54) is 7.11 Å². The number of carbonyl (C=O) groups is 2. The first kappa shape index (κ1) is 20.4. The highest BCUT2D eigenvalue weighted by Gasteiger charge is 2.50. The lowest BCUT2D eigenvalue weighted by molar-refractivity contribution is -0.214. The molecule has 0 unspecified atom stereocenters. The Bertz CT molecular complexity index is 654. The minimum Gasteiger partial charge on any atom is -0.467 e. The molecule has 1 N–H and O–H groups in total. The Balaban J connectivity index is 2.25. The summed E-state index contributed by atoms with van der Waals surface area (Å²) in [4.78, 5) is 25.3. The van der Waals surface area contributed by atoms with Gasteiger partial charge in [0.25, 0.3) is 5.91 Å². The van der Waals surface area contributed by atoms with Crippen molar-refractivity contribution < 1.29 is 24.3 Å². The molecule has 1 aliphatic carbocycles. The van der Waals surface area contributed by atoms with E-state index in [2.05, 4.69) is 0 Å². The molecule has 1 aromatic carbocycles. The zero-order chi connectivity index (χ0) is 19.5. The maximum Gasteiger partial charge on any atom is 0.334 e. The van der Waals surface area contributed by atoms with Gasteiger partial charge in [-0.05, 0) is 63.1 Å². The molecule has 0 radical (unpaired) electrons. The Morgan fingerprint density at radius 3 is 2.15 bits per heavy atom. The third-order valence-electron chi connectivity index (χ3n) is 5.47. The largest absolute Gasteiger partial charge is 0.467 e. The monoisotopic (exact) mass is 363 g/mol. The molecular formula is C20H29NO5. The molecule has 0 aromatic heterocycles. The van der Waals surface area contributed by atoms with Crippen LogP contribution in [0.1, 0.15) is 47.9 Å². The molecule has 26 heavy (non-hydrogen) atoms. The summed E-state index contributed by atoms with van der Waals surface area (Å²) in [5.74, 6) is -1.08. The molecule has 2 rings (SSSR count). The Morgan fingerprint density at radius 2 is 1.69 bits per heavy atom. The molecule has 0 bridgehead atoms. The van der Waals surface area contributed by atoms with Crippen molar-refractivity contribution in [2.24, 2.45) is 0 Å². The fourth-order valence-electron chi connectivity index (χ4n) is 3.95. The topological polar surface area (TPSA) is 76.1 Å². The zero-order valence-corrected chi connectivity index (χ0v) is 16.3. The number of amides is 1. The summed E-state index contributed by atoms with van der Waals surface area (Å²) < 4.78 is 10.3. The van der Waals surface area contributed by atoms with Crippen LogP contribution in [0.3, 0.4) is 0 Å². The van der Waals surface area contributed by atoms with Gasteiger partial charge < -0.3 is 9.47 Å². The molecule has 0 heterocycles. The molecule has 6 heteroatoms. The summed E-state index contributed by atoms with van der Waals surface area (Å²) in [6.07, 6.45) is 1.86. The number of hydrogen-bond acceptors (Lipinski definition) is 5. The van der Waals surface area contributed by atoms with Gasteiger partial charge in [0.15, 0.2) is 5.54 Å². The molecule has 1 saturated carbocycles. The lowest BCUT2D eigenvalue weighted by atomic mass is 9.79. The van der Waals surface area contributed by atoms with Crippen molar-refractivity contribution in [3.63, 3.8) is 0 Å². The highest BCUT2D eigenvalue weighted by molar-refractivity contribution is 5.88. The average Bonchev–Trinajstić information content (AvgIpc) is 2.63. The van der Waals surface area contributed by atoms with Crippen molar-refractivity contribution in [3.05, 3.63) is 34.4 Å². The summed E-state index contributed by atoms with van der Waals surface area (Å²) in [6, 6.07) is 4.02. The smallest absolute Gasteiger partial charge is 0.334 e. The SMILES string of the molecule is COC(=O)C1(N(O)C(=O)Cc2c(C)cc(C)cc2C)CCC(OC)CC1. The highest BCUT2D eigenvalue weighted by Crippen LogP contribution is 2.35. The molecule has 0 saturated heterocycles. The predicted molar refractivity (Wildman–Crippen MR) is 97.0 cm³/mol. The molecule has 0 spiro atoms.